The first-order valence-corrected chi connectivity index (χ1v) is 7.54. The molecule has 7 nitrogen and oxygen atoms in total. The zero-order valence-corrected chi connectivity index (χ0v) is 13.2. The van der Waals surface area contributed by atoms with Crippen molar-refractivity contribution in [2.75, 3.05) is 31.5 Å². The summed E-state index contributed by atoms with van der Waals surface area (Å²) in [4.78, 5) is 17.1. The summed E-state index contributed by atoms with van der Waals surface area (Å²) < 4.78 is 0. The van der Waals surface area contributed by atoms with Crippen LogP contribution in [0.15, 0.2) is 24.3 Å². The quantitative estimate of drug-likeness (QED) is 0.624. The molecule has 0 aliphatic heterocycles. The summed E-state index contributed by atoms with van der Waals surface area (Å²) in [6, 6.07) is 8.08. The van der Waals surface area contributed by atoms with Crippen LogP contribution in [0.3, 0.4) is 0 Å². The SMILES string of the molecule is CCN(CC)CCNc1cc(C#N)c2cc([N+](=O)[O-])ccc2n1. The van der Waals surface area contributed by atoms with E-state index in [2.05, 4.69) is 35.1 Å². The highest BCUT2D eigenvalue weighted by Crippen LogP contribution is 2.24. The number of nitriles is 1. The Hall–Kier alpha value is -2.72. The van der Waals surface area contributed by atoms with Crippen LogP contribution in [0.5, 0.6) is 0 Å². The Kier molecular flexibility index (Phi) is 5.44. The van der Waals surface area contributed by atoms with Crippen molar-refractivity contribution in [1.82, 2.24) is 9.88 Å². The normalized spacial score (nSPS) is 10.7. The molecular formula is C16H19N5O2. The third kappa shape index (κ3) is 3.93. The number of hydrogen-bond acceptors (Lipinski definition) is 6. The summed E-state index contributed by atoms with van der Waals surface area (Å²) in [5.41, 5.74) is 0.905. The number of fused-ring (bicyclic) bond motifs is 1. The van der Waals surface area contributed by atoms with Crippen LogP contribution >= 0.6 is 0 Å². The monoisotopic (exact) mass is 313 g/mol. The predicted molar refractivity (Wildman–Crippen MR) is 89.4 cm³/mol. The smallest absolute Gasteiger partial charge is 0.270 e. The number of aromatic nitrogens is 1. The second kappa shape index (κ2) is 7.51. The Bertz CT molecular complexity index is 750. The van der Waals surface area contributed by atoms with E-state index >= 15 is 0 Å². The van der Waals surface area contributed by atoms with Gasteiger partial charge in [0.25, 0.3) is 5.69 Å². The van der Waals surface area contributed by atoms with Crippen molar-refractivity contribution in [1.29, 1.82) is 5.26 Å². The van der Waals surface area contributed by atoms with E-state index in [0.717, 1.165) is 26.2 Å². The molecule has 0 atom stereocenters. The predicted octanol–water partition coefficient (Wildman–Crippen LogP) is 2.77. The van der Waals surface area contributed by atoms with Crippen molar-refractivity contribution in [2.24, 2.45) is 0 Å². The van der Waals surface area contributed by atoms with Crippen LogP contribution in [0.4, 0.5) is 11.5 Å². The fourth-order valence-corrected chi connectivity index (χ4v) is 2.39. The van der Waals surface area contributed by atoms with Gasteiger partial charge >= 0.3 is 0 Å². The van der Waals surface area contributed by atoms with E-state index in [0.29, 0.717) is 22.3 Å². The fourth-order valence-electron chi connectivity index (χ4n) is 2.39. The van der Waals surface area contributed by atoms with Crippen LogP contribution in [-0.2, 0) is 0 Å². The lowest BCUT2D eigenvalue weighted by atomic mass is 10.1. The van der Waals surface area contributed by atoms with Crippen molar-refractivity contribution >= 4 is 22.4 Å². The Labute approximate surface area is 134 Å². The average molecular weight is 313 g/mol. The summed E-state index contributed by atoms with van der Waals surface area (Å²) in [5.74, 6) is 0.607. The van der Waals surface area contributed by atoms with Crippen molar-refractivity contribution < 1.29 is 4.92 Å². The zero-order valence-electron chi connectivity index (χ0n) is 13.2. The van der Waals surface area contributed by atoms with Crippen LogP contribution < -0.4 is 5.32 Å². The second-order valence-electron chi connectivity index (χ2n) is 5.08. The van der Waals surface area contributed by atoms with Gasteiger partial charge < -0.3 is 10.2 Å². The van der Waals surface area contributed by atoms with E-state index < -0.39 is 4.92 Å². The van der Waals surface area contributed by atoms with Gasteiger partial charge in [0.15, 0.2) is 0 Å². The molecule has 23 heavy (non-hydrogen) atoms. The maximum Gasteiger partial charge on any atom is 0.270 e. The summed E-state index contributed by atoms with van der Waals surface area (Å²) in [6.45, 7) is 7.79. The van der Waals surface area contributed by atoms with E-state index in [4.69, 9.17) is 0 Å². The highest BCUT2D eigenvalue weighted by atomic mass is 16.6. The molecule has 0 unspecified atom stereocenters. The van der Waals surface area contributed by atoms with Gasteiger partial charge in [0.05, 0.1) is 22.1 Å². The molecule has 1 N–H and O–H groups in total. The summed E-state index contributed by atoms with van der Waals surface area (Å²) in [7, 11) is 0. The second-order valence-corrected chi connectivity index (χ2v) is 5.08. The maximum atomic E-state index is 10.9. The Balaban J connectivity index is 2.25. The number of benzene rings is 1. The highest BCUT2D eigenvalue weighted by Gasteiger charge is 2.11. The molecule has 0 aliphatic rings. The third-order valence-corrected chi connectivity index (χ3v) is 3.75. The lowest BCUT2D eigenvalue weighted by Crippen LogP contribution is -2.28. The van der Waals surface area contributed by atoms with Crippen molar-refractivity contribution in [3.05, 3.63) is 39.9 Å². The van der Waals surface area contributed by atoms with Crippen molar-refractivity contribution in [2.45, 2.75) is 13.8 Å². The summed E-state index contributed by atoms with van der Waals surface area (Å²) >= 11 is 0. The van der Waals surface area contributed by atoms with Gasteiger partial charge in [-0.15, -0.1) is 0 Å². The largest absolute Gasteiger partial charge is 0.369 e. The van der Waals surface area contributed by atoms with E-state index in [1.807, 2.05) is 0 Å². The number of pyridine rings is 1. The van der Waals surface area contributed by atoms with Crippen molar-refractivity contribution in [3.63, 3.8) is 0 Å². The molecule has 7 heteroatoms. The van der Waals surface area contributed by atoms with Gasteiger partial charge in [-0.05, 0) is 25.2 Å². The molecule has 0 bridgehead atoms. The minimum Gasteiger partial charge on any atom is -0.369 e. The first-order valence-electron chi connectivity index (χ1n) is 7.54. The molecule has 0 aliphatic carbocycles. The van der Waals surface area contributed by atoms with Crippen LogP contribution in [0.1, 0.15) is 19.4 Å². The number of nitrogens with one attached hydrogen (secondary N) is 1. The topological polar surface area (TPSA) is 95.1 Å². The van der Waals surface area contributed by atoms with Gasteiger partial charge in [0.2, 0.25) is 0 Å². The molecular weight excluding hydrogens is 294 g/mol. The van der Waals surface area contributed by atoms with E-state index in [1.165, 1.54) is 12.1 Å². The van der Waals surface area contributed by atoms with Crippen LogP contribution in [0.2, 0.25) is 0 Å². The first-order chi connectivity index (χ1) is 11.1. The summed E-state index contributed by atoms with van der Waals surface area (Å²) in [6.07, 6.45) is 0. The lowest BCUT2D eigenvalue weighted by molar-refractivity contribution is -0.384. The molecule has 1 aromatic heterocycles. The lowest BCUT2D eigenvalue weighted by Gasteiger charge is -2.18. The zero-order chi connectivity index (χ0) is 16.8. The first kappa shape index (κ1) is 16.6. The number of nitrogens with zero attached hydrogens (tertiary/aromatic N) is 4. The fraction of sp³-hybridized carbons (Fsp3) is 0.375. The van der Waals surface area contributed by atoms with Gasteiger partial charge in [-0.2, -0.15) is 5.26 Å². The van der Waals surface area contributed by atoms with Crippen molar-refractivity contribution in [3.8, 4) is 6.07 Å². The molecule has 0 fully saturated rings. The summed E-state index contributed by atoms with van der Waals surface area (Å²) in [5, 5.41) is 23.9. The highest BCUT2D eigenvalue weighted by molar-refractivity contribution is 5.88. The molecule has 2 aromatic rings. The van der Waals surface area contributed by atoms with Gasteiger partial charge in [-0.1, -0.05) is 13.8 Å². The Morgan fingerprint density at radius 2 is 2.09 bits per heavy atom. The minimum atomic E-state index is -0.475. The van der Waals surface area contributed by atoms with Gasteiger partial charge in [-0.3, -0.25) is 10.1 Å². The molecule has 1 aromatic carbocycles. The van der Waals surface area contributed by atoms with E-state index in [1.54, 1.807) is 12.1 Å². The molecule has 1 heterocycles. The standard InChI is InChI=1S/C16H19N5O2/c1-3-20(4-2)8-7-18-16-9-12(11-17)14-10-13(21(22)23)5-6-15(14)19-16/h5-6,9-10H,3-4,7-8H2,1-2H3,(H,18,19). The molecule has 120 valence electrons. The number of non-ortho nitro benzene ring substituents is 1. The third-order valence-electron chi connectivity index (χ3n) is 3.75. The maximum absolute atomic E-state index is 10.9. The molecule has 0 saturated heterocycles. The average Bonchev–Trinajstić information content (AvgIpc) is 2.57. The Morgan fingerprint density at radius 1 is 1.35 bits per heavy atom. The van der Waals surface area contributed by atoms with Gasteiger partial charge in [0, 0.05) is 30.6 Å². The van der Waals surface area contributed by atoms with Crippen LogP contribution in [0, 0.1) is 21.4 Å². The molecule has 0 spiro atoms. The van der Waals surface area contributed by atoms with Crippen LogP contribution in [-0.4, -0.2) is 41.0 Å². The number of likely N-dealkylation sites (N-methyl/N-ethyl adjacent to an activating group) is 1. The molecule has 0 radical (unpaired) electrons. The van der Waals surface area contributed by atoms with E-state index in [-0.39, 0.29) is 5.69 Å². The van der Waals surface area contributed by atoms with Gasteiger partial charge in [-0.25, -0.2) is 4.98 Å². The number of nitro benzene ring substituents is 1. The number of nitro groups is 1. The minimum absolute atomic E-state index is 0.0435. The van der Waals surface area contributed by atoms with Crippen LogP contribution in [0.25, 0.3) is 10.9 Å². The van der Waals surface area contributed by atoms with E-state index in [9.17, 15) is 15.4 Å². The molecule has 0 amide bonds. The number of rotatable bonds is 7. The molecule has 2 rings (SSSR count). The number of anilines is 1. The van der Waals surface area contributed by atoms with Gasteiger partial charge in [0.1, 0.15) is 5.82 Å². The number of hydrogen-bond donors (Lipinski definition) is 1. The molecule has 0 saturated carbocycles. The Morgan fingerprint density at radius 3 is 2.70 bits per heavy atom.